The van der Waals surface area contributed by atoms with Crippen LogP contribution in [0.2, 0.25) is 0 Å². The maximum atomic E-state index is 12.1. The van der Waals surface area contributed by atoms with Gasteiger partial charge in [-0.1, -0.05) is 42.5 Å². The standard InChI is InChI=1S/C20H15NO6/c1-11(22)26-19-17(25)18(27-20(19)21-15(23)9-10-16(21)24)14-8-4-6-12-5-2-3-7-13(12)14/h2-8,25H,9-10H2,1H3. The molecule has 7 nitrogen and oxygen atoms in total. The van der Waals surface area contributed by atoms with E-state index in [4.69, 9.17) is 9.15 Å². The van der Waals surface area contributed by atoms with Crippen molar-refractivity contribution in [3.05, 3.63) is 42.5 Å². The Labute approximate surface area is 153 Å². The quantitative estimate of drug-likeness (QED) is 0.564. The Kier molecular flexibility index (Phi) is 3.92. The van der Waals surface area contributed by atoms with Crippen LogP contribution in [0.1, 0.15) is 19.8 Å². The summed E-state index contributed by atoms with van der Waals surface area (Å²) in [4.78, 5) is 36.5. The third-order valence-corrected chi connectivity index (χ3v) is 4.36. The molecule has 4 rings (SSSR count). The van der Waals surface area contributed by atoms with Crippen LogP contribution in [0.4, 0.5) is 5.88 Å². The SMILES string of the molecule is CC(=O)Oc1c(N2C(=O)CCC2=O)oc(-c2cccc3ccccc23)c1O. The maximum Gasteiger partial charge on any atom is 0.308 e. The van der Waals surface area contributed by atoms with Gasteiger partial charge in [-0.3, -0.25) is 14.4 Å². The summed E-state index contributed by atoms with van der Waals surface area (Å²) in [5.74, 6) is -2.71. The van der Waals surface area contributed by atoms with Gasteiger partial charge in [0.15, 0.2) is 5.76 Å². The summed E-state index contributed by atoms with van der Waals surface area (Å²) in [5, 5.41) is 12.4. The summed E-state index contributed by atoms with van der Waals surface area (Å²) in [6.45, 7) is 1.15. The lowest BCUT2D eigenvalue weighted by molar-refractivity contribution is -0.132. The highest BCUT2D eigenvalue weighted by Crippen LogP contribution is 2.50. The van der Waals surface area contributed by atoms with Crippen molar-refractivity contribution in [3.8, 4) is 22.8 Å². The zero-order valence-corrected chi connectivity index (χ0v) is 14.4. The molecule has 2 heterocycles. The molecular formula is C20H15NO6. The topological polar surface area (TPSA) is 97.0 Å². The number of furan rings is 1. The molecule has 1 N–H and O–H groups in total. The summed E-state index contributed by atoms with van der Waals surface area (Å²) in [7, 11) is 0. The molecule has 2 aromatic carbocycles. The van der Waals surface area contributed by atoms with Crippen molar-refractivity contribution in [2.45, 2.75) is 19.8 Å². The third kappa shape index (κ3) is 2.73. The van der Waals surface area contributed by atoms with Crippen LogP contribution < -0.4 is 9.64 Å². The van der Waals surface area contributed by atoms with Gasteiger partial charge in [0, 0.05) is 25.3 Å². The lowest BCUT2D eigenvalue weighted by Crippen LogP contribution is -2.28. The van der Waals surface area contributed by atoms with Gasteiger partial charge >= 0.3 is 5.97 Å². The molecule has 1 aliphatic heterocycles. The van der Waals surface area contributed by atoms with Gasteiger partial charge in [-0.15, -0.1) is 0 Å². The molecule has 136 valence electrons. The molecule has 3 aromatic rings. The Balaban J connectivity index is 1.95. The second-order valence-electron chi connectivity index (χ2n) is 6.16. The Morgan fingerprint density at radius 1 is 1.07 bits per heavy atom. The molecule has 7 heteroatoms. The molecule has 0 spiro atoms. The number of carbonyl (C=O) groups excluding carboxylic acids is 3. The van der Waals surface area contributed by atoms with E-state index in [-0.39, 0.29) is 30.2 Å². The second-order valence-corrected chi connectivity index (χ2v) is 6.16. The molecule has 2 amide bonds. The predicted molar refractivity (Wildman–Crippen MR) is 96.4 cm³/mol. The van der Waals surface area contributed by atoms with Gasteiger partial charge in [-0.2, -0.15) is 0 Å². The van der Waals surface area contributed by atoms with Gasteiger partial charge in [0.05, 0.1) is 0 Å². The minimum absolute atomic E-state index is 0.0190. The molecule has 0 atom stereocenters. The van der Waals surface area contributed by atoms with Gasteiger partial charge in [0.2, 0.25) is 23.3 Å². The molecule has 1 fully saturated rings. The minimum Gasteiger partial charge on any atom is -0.502 e. The van der Waals surface area contributed by atoms with E-state index >= 15 is 0 Å². The molecule has 0 saturated carbocycles. The van der Waals surface area contributed by atoms with Crippen LogP contribution in [-0.4, -0.2) is 22.9 Å². The number of benzene rings is 2. The van der Waals surface area contributed by atoms with Crippen LogP contribution in [-0.2, 0) is 14.4 Å². The number of esters is 1. The highest BCUT2D eigenvalue weighted by Gasteiger charge is 2.38. The lowest BCUT2D eigenvalue weighted by Gasteiger charge is -2.11. The Morgan fingerprint density at radius 3 is 2.44 bits per heavy atom. The average molecular weight is 365 g/mol. The molecular weight excluding hydrogens is 350 g/mol. The van der Waals surface area contributed by atoms with Crippen molar-refractivity contribution in [2.75, 3.05) is 4.90 Å². The number of aromatic hydroxyl groups is 1. The highest BCUT2D eigenvalue weighted by molar-refractivity contribution is 6.20. The summed E-state index contributed by atoms with van der Waals surface area (Å²) in [6, 6.07) is 12.9. The van der Waals surface area contributed by atoms with Crippen molar-refractivity contribution < 1.29 is 28.6 Å². The van der Waals surface area contributed by atoms with Crippen LogP contribution >= 0.6 is 0 Å². The van der Waals surface area contributed by atoms with Gasteiger partial charge in [-0.05, 0) is 10.8 Å². The number of fused-ring (bicyclic) bond motifs is 1. The van der Waals surface area contributed by atoms with Gasteiger partial charge < -0.3 is 14.3 Å². The smallest absolute Gasteiger partial charge is 0.308 e. The van der Waals surface area contributed by atoms with Crippen molar-refractivity contribution in [2.24, 2.45) is 0 Å². The van der Waals surface area contributed by atoms with Gasteiger partial charge in [0.1, 0.15) is 0 Å². The first-order valence-corrected chi connectivity index (χ1v) is 8.35. The largest absolute Gasteiger partial charge is 0.502 e. The summed E-state index contributed by atoms with van der Waals surface area (Å²) in [6.07, 6.45) is 0.0623. The van der Waals surface area contributed by atoms with Crippen molar-refractivity contribution in [1.29, 1.82) is 0 Å². The second kappa shape index (κ2) is 6.28. The molecule has 0 aliphatic carbocycles. The van der Waals surface area contributed by atoms with Crippen LogP contribution in [0, 0.1) is 0 Å². The van der Waals surface area contributed by atoms with E-state index in [1.54, 1.807) is 12.1 Å². The van der Waals surface area contributed by atoms with Gasteiger partial charge in [-0.25, -0.2) is 4.90 Å². The normalized spacial score (nSPS) is 14.2. The fraction of sp³-hybridized carbons (Fsp3) is 0.150. The van der Waals surface area contributed by atoms with E-state index in [9.17, 15) is 19.5 Å². The summed E-state index contributed by atoms with van der Waals surface area (Å²) in [5.41, 5.74) is 0.546. The number of hydrogen-bond acceptors (Lipinski definition) is 6. The maximum absolute atomic E-state index is 12.1. The zero-order chi connectivity index (χ0) is 19.1. The number of amides is 2. The molecule has 0 unspecified atom stereocenters. The number of anilines is 1. The fourth-order valence-corrected chi connectivity index (χ4v) is 3.19. The number of rotatable bonds is 3. The zero-order valence-electron chi connectivity index (χ0n) is 14.4. The monoisotopic (exact) mass is 365 g/mol. The Bertz CT molecular complexity index is 1080. The number of carbonyl (C=O) groups is 3. The Morgan fingerprint density at radius 2 is 1.74 bits per heavy atom. The van der Waals surface area contributed by atoms with Crippen molar-refractivity contribution in [1.82, 2.24) is 0 Å². The summed E-state index contributed by atoms with van der Waals surface area (Å²) >= 11 is 0. The van der Waals surface area contributed by atoms with Crippen LogP contribution in [0.25, 0.3) is 22.1 Å². The molecule has 1 saturated heterocycles. The van der Waals surface area contributed by atoms with E-state index in [1.165, 1.54) is 0 Å². The van der Waals surface area contributed by atoms with Crippen LogP contribution in [0.5, 0.6) is 11.5 Å². The van der Waals surface area contributed by atoms with Crippen LogP contribution in [0.3, 0.4) is 0 Å². The average Bonchev–Trinajstić information content (AvgIpc) is 3.14. The minimum atomic E-state index is -0.712. The van der Waals surface area contributed by atoms with E-state index in [1.807, 2.05) is 30.3 Å². The molecule has 27 heavy (non-hydrogen) atoms. The van der Waals surface area contributed by atoms with E-state index < -0.39 is 23.5 Å². The summed E-state index contributed by atoms with van der Waals surface area (Å²) < 4.78 is 10.8. The van der Waals surface area contributed by atoms with E-state index in [0.29, 0.717) is 5.56 Å². The number of ether oxygens (including phenoxy) is 1. The molecule has 1 aromatic heterocycles. The molecule has 0 radical (unpaired) electrons. The first-order chi connectivity index (χ1) is 13.0. The lowest BCUT2D eigenvalue weighted by atomic mass is 10.0. The van der Waals surface area contributed by atoms with E-state index in [2.05, 4.69) is 0 Å². The van der Waals surface area contributed by atoms with Crippen molar-refractivity contribution >= 4 is 34.4 Å². The predicted octanol–water partition coefficient (Wildman–Crippen LogP) is 3.38. The van der Waals surface area contributed by atoms with E-state index in [0.717, 1.165) is 22.6 Å². The van der Waals surface area contributed by atoms with Crippen molar-refractivity contribution in [3.63, 3.8) is 0 Å². The highest BCUT2D eigenvalue weighted by atomic mass is 16.6. The number of hydrogen-bond donors (Lipinski definition) is 1. The third-order valence-electron chi connectivity index (χ3n) is 4.36. The van der Waals surface area contributed by atoms with Gasteiger partial charge in [0.25, 0.3) is 5.88 Å². The first-order valence-electron chi connectivity index (χ1n) is 8.35. The fourth-order valence-electron chi connectivity index (χ4n) is 3.19. The number of imide groups is 1. The molecule has 1 aliphatic rings. The van der Waals surface area contributed by atoms with Crippen LogP contribution in [0.15, 0.2) is 46.9 Å². The molecule has 0 bridgehead atoms. The number of nitrogens with zero attached hydrogens (tertiary/aromatic N) is 1. The first kappa shape index (κ1) is 16.8. The Hall–Kier alpha value is -3.61.